The summed E-state index contributed by atoms with van der Waals surface area (Å²) in [6.07, 6.45) is -2.90. The van der Waals surface area contributed by atoms with E-state index in [1.54, 1.807) is 6.08 Å². The molecule has 0 atom stereocenters. The molecule has 7 heteroatoms. The maximum absolute atomic E-state index is 12.1. The Bertz CT molecular complexity index is 512. The second-order valence-electron chi connectivity index (χ2n) is 3.82. The maximum Gasteiger partial charge on any atom is 0.573 e. The Morgan fingerprint density at radius 2 is 1.94 bits per heavy atom. The van der Waals surface area contributed by atoms with Crippen LogP contribution in [0.4, 0.5) is 18.9 Å². The number of hydrogen-bond acceptors (Lipinski definition) is 2. The Morgan fingerprint density at radius 1 is 1.28 bits per heavy atom. The molecular formula is C11H8Br2F3NO. The average molecular weight is 387 g/mol. The zero-order valence-electron chi connectivity index (χ0n) is 9.11. The number of halogens is 5. The van der Waals surface area contributed by atoms with Crippen molar-refractivity contribution in [3.05, 3.63) is 29.3 Å². The van der Waals surface area contributed by atoms with Gasteiger partial charge in [-0.3, -0.25) is 0 Å². The van der Waals surface area contributed by atoms with E-state index in [9.17, 15) is 13.2 Å². The Labute approximate surface area is 118 Å². The summed E-state index contributed by atoms with van der Waals surface area (Å²) < 4.78 is 39.6. The minimum Gasteiger partial charge on any atom is -0.406 e. The summed E-state index contributed by atoms with van der Waals surface area (Å²) >= 11 is 6.84. The average Bonchev–Trinajstić information content (AvgIpc) is 2.17. The molecule has 0 fully saturated rings. The van der Waals surface area contributed by atoms with E-state index in [1.165, 1.54) is 18.2 Å². The van der Waals surface area contributed by atoms with Crippen LogP contribution in [0.5, 0.6) is 5.75 Å². The first-order valence-corrected chi connectivity index (χ1v) is 6.50. The zero-order valence-corrected chi connectivity index (χ0v) is 12.3. The number of hydrogen-bond donors (Lipinski definition) is 1. The van der Waals surface area contributed by atoms with Gasteiger partial charge in [-0.25, -0.2) is 0 Å². The van der Waals surface area contributed by atoms with Crippen LogP contribution >= 0.6 is 31.9 Å². The van der Waals surface area contributed by atoms with Crippen molar-refractivity contribution in [3.63, 3.8) is 0 Å². The smallest absolute Gasteiger partial charge is 0.406 e. The molecule has 1 aromatic rings. The highest BCUT2D eigenvalue weighted by molar-refractivity contribution is 9.25. The first-order chi connectivity index (χ1) is 8.17. The number of nitrogens with one attached hydrogen (secondary N) is 1. The van der Waals surface area contributed by atoms with Gasteiger partial charge >= 0.3 is 6.36 Å². The van der Waals surface area contributed by atoms with Crippen LogP contribution in [0.25, 0.3) is 6.08 Å². The van der Waals surface area contributed by atoms with Crippen molar-refractivity contribution in [3.8, 4) is 5.75 Å². The number of benzene rings is 1. The van der Waals surface area contributed by atoms with Gasteiger partial charge in [0.25, 0.3) is 0 Å². The molecule has 0 unspecified atom stereocenters. The molecule has 0 radical (unpaired) electrons. The van der Waals surface area contributed by atoms with Crippen LogP contribution in [-0.4, -0.2) is 9.72 Å². The lowest BCUT2D eigenvalue weighted by Gasteiger charge is -2.30. The van der Waals surface area contributed by atoms with Crippen molar-refractivity contribution >= 4 is 43.6 Å². The predicted octanol–water partition coefficient (Wildman–Crippen LogP) is 4.86. The molecule has 2 rings (SSSR count). The minimum atomic E-state index is -4.68. The van der Waals surface area contributed by atoms with Crippen LogP contribution in [-0.2, 0) is 0 Å². The van der Waals surface area contributed by atoms with Gasteiger partial charge in [0.05, 0.1) is 0 Å². The molecule has 1 aliphatic heterocycles. The number of alkyl halides is 5. The van der Waals surface area contributed by atoms with Crippen molar-refractivity contribution in [1.82, 2.24) is 0 Å². The van der Waals surface area contributed by atoms with Crippen molar-refractivity contribution in [1.29, 1.82) is 0 Å². The van der Waals surface area contributed by atoms with Gasteiger partial charge in [0.15, 0.2) is 3.36 Å². The van der Waals surface area contributed by atoms with Crippen LogP contribution < -0.4 is 10.1 Å². The molecule has 0 bridgehead atoms. The molecule has 1 aromatic carbocycles. The quantitative estimate of drug-likeness (QED) is 0.549. The Morgan fingerprint density at radius 3 is 2.56 bits per heavy atom. The van der Waals surface area contributed by atoms with E-state index in [2.05, 4.69) is 41.9 Å². The molecule has 1 heterocycles. The first-order valence-electron chi connectivity index (χ1n) is 4.92. The Kier molecular flexibility index (Phi) is 3.40. The summed E-state index contributed by atoms with van der Waals surface area (Å²) in [5.74, 6) is -0.233. The van der Waals surface area contributed by atoms with Crippen LogP contribution in [0, 0.1) is 0 Å². The van der Waals surface area contributed by atoms with E-state index in [-0.39, 0.29) is 5.75 Å². The summed E-state index contributed by atoms with van der Waals surface area (Å²) in [5, 5.41) is 3.10. The van der Waals surface area contributed by atoms with Crippen LogP contribution in [0.2, 0.25) is 0 Å². The normalized spacial score (nSPS) is 17.6. The highest BCUT2D eigenvalue weighted by Gasteiger charge is 2.32. The first kappa shape index (κ1) is 13.7. The Balaban J connectivity index is 2.35. The lowest BCUT2D eigenvalue weighted by Crippen LogP contribution is -2.27. The molecular weight excluding hydrogens is 379 g/mol. The molecule has 18 heavy (non-hydrogen) atoms. The lowest BCUT2D eigenvalue weighted by atomic mass is 10.1. The fourth-order valence-corrected chi connectivity index (χ4v) is 2.22. The molecule has 0 saturated heterocycles. The van der Waals surface area contributed by atoms with Crippen molar-refractivity contribution < 1.29 is 17.9 Å². The van der Waals surface area contributed by atoms with Crippen LogP contribution in [0.15, 0.2) is 23.8 Å². The van der Waals surface area contributed by atoms with Gasteiger partial charge in [-0.1, -0.05) is 0 Å². The number of fused-ring (bicyclic) bond motifs is 1. The highest BCUT2D eigenvalue weighted by Crippen LogP contribution is 2.42. The van der Waals surface area contributed by atoms with Crippen molar-refractivity contribution in [2.24, 2.45) is 0 Å². The highest BCUT2D eigenvalue weighted by atomic mass is 79.9. The minimum absolute atomic E-state index is 0.233. The second kappa shape index (κ2) is 4.45. The third kappa shape index (κ3) is 3.00. The predicted molar refractivity (Wildman–Crippen MR) is 71.0 cm³/mol. The fourth-order valence-electron chi connectivity index (χ4n) is 1.56. The fraction of sp³-hybridized carbons (Fsp3) is 0.273. The van der Waals surface area contributed by atoms with Gasteiger partial charge in [-0.15, -0.1) is 13.2 Å². The summed E-state index contributed by atoms with van der Waals surface area (Å²) in [6.45, 7) is 1.84. The molecule has 2 nitrogen and oxygen atoms in total. The van der Waals surface area contributed by atoms with Crippen molar-refractivity contribution in [2.45, 2.75) is 16.6 Å². The monoisotopic (exact) mass is 385 g/mol. The molecule has 1 N–H and O–H groups in total. The molecule has 98 valence electrons. The largest absolute Gasteiger partial charge is 0.573 e. The van der Waals surface area contributed by atoms with E-state index in [0.717, 1.165) is 5.57 Å². The molecule has 0 amide bonds. The number of rotatable bonds is 1. The molecule has 0 spiro atoms. The summed E-state index contributed by atoms with van der Waals surface area (Å²) in [5.41, 5.74) is 2.24. The van der Waals surface area contributed by atoms with Gasteiger partial charge in [0.1, 0.15) is 5.75 Å². The van der Waals surface area contributed by atoms with E-state index in [4.69, 9.17) is 0 Å². The number of ether oxygens (including phenoxy) is 1. The zero-order chi connectivity index (χ0) is 13.6. The molecule has 0 aromatic heterocycles. The second-order valence-corrected chi connectivity index (χ2v) is 7.27. The van der Waals surface area contributed by atoms with Gasteiger partial charge in [-0.05, 0) is 68.6 Å². The SMILES string of the molecule is CC1=Cc2cc(OC(F)(F)F)ccc2NC1(Br)Br. The van der Waals surface area contributed by atoms with Crippen LogP contribution in [0.1, 0.15) is 12.5 Å². The van der Waals surface area contributed by atoms with Gasteiger partial charge in [0.2, 0.25) is 0 Å². The summed E-state index contributed by atoms with van der Waals surface area (Å²) in [7, 11) is 0. The van der Waals surface area contributed by atoms with Crippen molar-refractivity contribution in [2.75, 3.05) is 5.32 Å². The van der Waals surface area contributed by atoms with E-state index < -0.39 is 9.72 Å². The number of anilines is 1. The standard InChI is InChI=1S/C11H8Br2F3NO/c1-6-4-7-5-8(18-11(14,15)16)2-3-9(7)17-10(6,12)13/h2-5,17H,1H3. The topological polar surface area (TPSA) is 21.3 Å². The lowest BCUT2D eigenvalue weighted by molar-refractivity contribution is -0.274. The van der Waals surface area contributed by atoms with E-state index in [0.29, 0.717) is 11.3 Å². The van der Waals surface area contributed by atoms with Gasteiger partial charge in [-0.2, -0.15) is 0 Å². The molecule has 0 aliphatic carbocycles. The molecule has 0 saturated carbocycles. The van der Waals surface area contributed by atoms with E-state index >= 15 is 0 Å². The van der Waals surface area contributed by atoms with Gasteiger partial charge < -0.3 is 10.1 Å². The summed E-state index contributed by atoms with van der Waals surface area (Å²) in [4.78, 5) is 0. The maximum atomic E-state index is 12.1. The third-order valence-corrected chi connectivity index (χ3v) is 4.06. The summed E-state index contributed by atoms with van der Waals surface area (Å²) in [6, 6.07) is 4.15. The van der Waals surface area contributed by atoms with E-state index in [1.807, 2.05) is 6.92 Å². The van der Waals surface area contributed by atoms with Crippen LogP contribution in [0.3, 0.4) is 0 Å². The third-order valence-electron chi connectivity index (χ3n) is 2.42. The molecule has 1 aliphatic rings. The van der Waals surface area contributed by atoms with Gasteiger partial charge in [0, 0.05) is 11.3 Å². The Hall–Kier alpha value is -0.690.